The first-order valence-corrected chi connectivity index (χ1v) is 13.2. The number of esters is 1. The summed E-state index contributed by atoms with van der Waals surface area (Å²) in [7, 11) is 0. The van der Waals surface area contributed by atoms with Crippen LogP contribution in [0.5, 0.6) is 5.75 Å². The van der Waals surface area contributed by atoms with Crippen molar-refractivity contribution in [3.05, 3.63) is 29.8 Å². The van der Waals surface area contributed by atoms with Gasteiger partial charge in [0.05, 0.1) is 25.2 Å². The maximum absolute atomic E-state index is 12.0. The molecular weight excluding hydrogens is 452 g/mol. The van der Waals surface area contributed by atoms with E-state index in [0.717, 1.165) is 56.4 Å². The Bertz CT molecular complexity index is 819. The average Bonchev–Trinajstić information content (AvgIpc) is 3.37. The van der Waals surface area contributed by atoms with Crippen molar-refractivity contribution in [3.63, 3.8) is 0 Å². The summed E-state index contributed by atoms with van der Waals surface area (Å²) in [5, 5.41) is 0. The summed E-state index contributed by atoms with van der Waals surface area (Å²) in [6.07, 6.45) is 5.66. The first-order valence-electron chi connectivity index (χ1n) is 13.2. The van der Waals surface area contributed by atoms with E-state index < -0.39 is 0 Å². The summed E-state index contributed by atoms with van der Waals surface area (Å²) in [5.74, 6) is 0.627. The molecule has 0 amide bonds. The van der Waals surface area contributed by atoms with E-state index in [1.807, 2.05) is 31.2 Å². The van der Waals surface area contributed by atoms with Crippen LogP contribution in [0.3, 0.4) is 0 Å². The van der Waals surface area contributed by atoms with Crippen molar-refractivity contribution in [1.82, 2.24) is 0 Å². The molecule has 0 bridgehead atoms. The molecule has 4 unspecified atom stereocenters. The van der Waals surface area contributed by atoms with Crippen LogP contribution in [0.25, 0.3) is 0 Å². The third-order valence-corrected chi connectivity index (χ3v) is 7.26. The van der Waals surface area contributed by atoms with Crippen LogP contribution in [0, 0.1) is 12.8 Å². The largest absolute Gasteiger partial charge is 0.491 e. The van der Waals surface area contributed by atoms with Gasteiger partial charge in [-0.15, -0.1) is 0 Å². The Hall–Kier alpha value is -1.71. The van der Waals surface area contributed by atoms with Gasteiger partial charge in [0, 0.05) is 25.6 Å². The van der Waals surface area contributed by atoms with Crippen LogP contribution in [-0.4, -0.2) is 69.4 Å². The summed E-state index contributed by atoms with van der Waals surface area (Å²) < 4.78 is 42.3. The number of rotatable bonds is 10. The lowest BCUT2D eigenvalue weighted by Crippen LogP contribution is -2.40. The van der Waals surface area contributed by atoms with Gasteiger partial charge < -0.3 is 33.2 Å². The summed E-state index contributed by atoms with van der Waals surface area (Å²) in [6.45, 7) is 4.13. The number of aryl methyl sites for hydroxylation is 1. The topological polar surface area (TPSA) is 81.7 Å². The minimum Gasteiger partial charge on any atom is -0.491 e. The van der Waals surface area contributed by atoms with E-state index in [0.29, 0.717) is 32.7 Å². The molecule has 8 nitrogen and oxygen atoms in total. The van der Waals surface area contributed by atoms with Gasteiger partial charge in [-0.2, -0.15) is 0 Å². The third kappa shape index (κ3) is 6.74. The predicted molar refractivity (Wildman–Crippen MR) is 126 cm³/mol. The van der Waals surface area contributed by atoms with Crippen LogP contribution in [-0.2, 0) is 33.2 Å². The highest BCUT2D eigenvalue weighted by atomic mass is 16.7. The molecule has 7 atom stereocenters. The molecule has 8 heteroatoms. The van der Waals surface area contributed by atoms with Crippen molar-refractivity contribution < 1.29 is 38.0 Å². The molecule has 35 heavy (non-hydrogen) atoms. The zero-order valence-electron chi connectivity index (χ0n) is 20.6. The Kier molecular flexibility index (Phi) is 8.57. The quantitative estimate of drug-likeness (QED) is 0.457. The molecule has 4 aliphatic rings. The van der Waals surface area contributed by atoms with Crippen molar-refractivity contribution >= 4 is 5.97 Å². The number of ether oxygens (including phenoxy) is 7. The van der Waals surface area contributed by atoms with Crippen molar-refractivity contribution in [2.45, 2.75) is 95.3 Å². The smallest absolute Gasteiger partial charge is 0.306 e. The maximum Gasteiger partial charge on any atom is 0.306 e. The Morgan fingerprint density at radius 2 is 1.83 bits per heavy atom. The monoisotopic (exact) mass is 490 g/mol. The lowest BCUT2D eigenvalue weighted by atomic mass is 10.0. The number of carbonyl (C=O) groups is 1. The van der Waals surface area contributed by atoms with Crippen molar-refractivity contribution in [3.8, 4) is 5.75 Å². The highest BCUT2D eigenvalue weighted by molar-refractivity contribution is 5.72. The Morgan fingerprint density at radius 1 is 1.03 bits per heavy atom. The van der Waals surface area contributed by atoms with Crippen molar-refractivity contribution in [1.29, 1.82) is 0 Å². The summed E-state index contributed by atoms with van der Waals surface area (Å²) in [6, 6.07) is 7.97. The highest BCUT2D eigenvalue weighted by Crippen LogP contribution is 2.41. The first kappa shape index (κ1) is 25.0. The number of benzene rings is 1. The van der Waals surface area contributed by atoms with Gasteiger partial charge in [0.15, 0.2) is 12.6 Å². The minimum absolute atomic E-state index is 0.0136. The molecular formula is C27H38O8. The fourth-order valence-corrected chi connectivity index (χ4v) is 5.47. The van der Waals surface area contributed by atoms with Crippen LogP contribution < -0.4 is 4.74 Å². The van der Waals surface area contributed by atoms with Gasteiger partial charge in [-0.3, -0.25) is 4.79 Å². The highest BCUT2D eigenvalue weighted by Gasteiger charge is 2.52. The molecule has 3 aliphatic heterocycles. The molecule has 0 spiro atoms. The fourth-order valence-electron chi connectivity index (χ4n) is 5.47. The molecule has 0 aromatic heterocycles. The molecule has 3 heterocycles. The van der Waals surface area contributed by atoms with Gasteiger partial charge in [-0.1, -0.05) is 12.1 Å². The molecule has 1 aromatic carbocycles. The van der Waals surface area contributed by atoms with Gasteiger partial charge in [-0.05, 0) is 63.1 Å². The third-order valence-electron chi connectivity index (χ3n) is 7.26. The second-order valence-electron chi connectivity index (χ2n) is 10.1. The Balaban J connectivity index is 1.22. The summed E-state index contributed by atoms with van der Waals surface area (Å²) in [4.78, 5) is 12.0. The maximum atomic E-state index is 12.0. The second-order valence-corrected chi connectivity index (χ2v) is 10.1. The van der Waals surface area contributed by atoms with Gasteiger partial charge in [0.1, 0.15) is 24.6 Å². The van der Waals surface area contributed by atoms with Crippen LogP contribution in [0.1, 0.15) is 56.9 Å². The van der Waals surface area contributed by atoms with E-state index >= 15 is 0 Å². The normalized spacial score (nSPS) is 33.8. The molecule has 1 aliphatic carbocycles. The first-order chi connectivity index (χ1) is 17.1. The van der Waals surface area contributed by atoms with Gasteiger partial charge >= 0.3 is 5.97 Å². The van der Waals surface area contributed by atoms with E-state index in [4.69, 9.17) is 33.2 Å². The van der Waals surface area contributed by atoms with E-state index in [9.17, 15) is 4.79 Å². The molecule has 1 saturated carbocycles. The molecule has 1 aromatic rings. The van der Waals surface area contributed by atoms with Crippen LogP contribution >= 0.6 is 0 Å². The fraction of sp³-hybridized carbons (Fsp3) is 0.741. The number of hydrogen-bond donors (Lipinski definition) is 0. The second kappa shape index (κ2) is 12.0. The lowest BCUT2D eigenvalue weighted by molar-refractivity contribution is -0.226. The number of fused-ring (bicyclic) bond motifs is 1. The number of carbonyl (C=O) groups excluding carboxylic acids is 1. The van der Waals surface area contributed by atoms with Crippen LogP contribution in [0.4, 0.5) is 0 Å². The van der Waals surface area contributed by atoms with Crippen molar-refractivity contribution in [2.75, 3.05) is 26.4 Å². The summed E-state index contributed by atoms with van der Waals surface area (Å²) in [5.41, 5.74) is 1.14. The average molecular weight is 491 g/mol. The standard InChI is InChI=1S/C27H38O8/c1-18-7-6-8-19(13-18)31-16-20(33-25-9-2-4-11-29-25)17-32-27-21-14-24(28)34-22(21)15-23(27)35-26-10-3-5-12-30-26/h6-8,13,20-23,25-27H,2-5,9-12,14-17H2,1H3/t20?,21-,22-,23-,25?,26?,27?/m1/s1. The molecule has 194 valence electrons. The lowest BCUT2D eigenvalue weighted by Gasteiger charge is -2.32. The molecule has 3 saturated heterocycles. The van der Waals surface area contributed by atoms with Crippen LogP contribution in [0.15, 0.2) is 24.3 Å². The van der Waals surface area contributed by atoms with Gasteiger partial charge in [0.2, 0.25) is 0 Å². The van der Waals surface area contributed by atoms with E-state index in [1.165, 1.54) is 0 Å². The minimum atomic E-state index is -0.317. The van der Waals surface area contributed by atoms with E-state index in [-0.39, 0.29) is 48.9 Å². The van der Waals surface area contributed by atoms with E-state index in [2.05, 4.69) is 0 Å². The molecule has 0 radical (unpaired) electrons. The molecule has 0 N–H and O–H groups in total. The molecule has 5 rings (SSSR count). The summed E-state index contributed by atoms with van der Waals surface area (Å²) >= 11 is 0. The molecule has 4 fully saturated rings. The van der Waals surface area contributed by atoms with Gasteiger partial charge in [-0.25, -0.2) is 0 Å². The van der Waals surface area contributed by atoms with Crippen LogP contribution in [0.2, 0.25) is 0 Å². The van der Waals surface area contributed by atoms with E-state index in [1.54, 1.807) is 0 Å². The number of hydrogen-bond acceptors (Lipinski definition) is 8. The van der Waals surface area contributed by atoms with Gasteiger partial charge in [0.25, 0.3) is 0 Å². The predicted octanol–water partition coefficient (Wildman–Crippen LogP) is 3.92. The zero-order valence-corrected chi connectivity index (χ0v) is 20.6. The Labute approximate surface area is 207 Å². The SMILES string of the molecule is Cc1cccc(OCC(COC2[C@H](OC3CCCCO3)C[C@H]3OC(=O)C[C@@H]23)OC2CCCCO2)c1. The zero-order chi connectivity index (χ0) is 24.0. The Morgan fingerprint density at radius 3 is 2.57 bits per heavy atom. The van der Waals surface area contributed by atoms with Crippen molar-refractivity contribution in [2.24, 2.45) is 5.92 Å².